The predicted octanol–water partition coefficient (Wildman–Crippen LogP) is 1.94. The molecule has 4 amide bonds. The molecule has 1 fully saturated rings. The molecule has 3 rings (SSSR count). The first-order valence-electron chi connectivity index (χ1n) is 7.21. The van der Waals surface area contributed by atoms with E-state index in [9.17, 15) is 18.8 Å². The number of hydrazine groups is 1. The number of imide groups is 1. The van der Waals surface area contributed by atoms with Gasteiger partial charge in [0.2, 0.25) is 0 Å². The fourth-order valence-corrected chi connectivity index (χ4v) is 2.51. The van der Waals surface area contributed by atoms with Crippen LogP contribution in [0.25, 0.3) is 0 Å². The van der Waals surface area contributed by atoms with Crippen molar-refractivity contribution in [3.8, 4) is 0 Å². The van der Waals surface area contributed by atoms with Crippen molar-refractivity contribution >= 4 is 17.8 Å². The van der Waals surface area contributed by atoms with Crippen LogP contribution in [0.15, 0.2) is 54.6 Å². The molecule has 1 heterocycles. The molecule has 2 N–H and O–H groups in total. The second-order valence-electron chi connectivity index (χ2n) is 5.48. The van der Waals surface area contributed by atoms with E-state index in [1.807, 2.05) is 0 Å². The molecule has 1 unspecified atom stereocenters. The Bertz CT molecular complexity index is 825. The summed E-state index contributed by atoms with van der Waals surface area (Å²) in [5.74, 6) is -2.27. The largest absolute Gasteiger partial charge is 0.344 e. The highest BCUT2D eigenvalue weighted by atomic mass is 19.1. The van der Waals surface area contributed by atoms with Crippen molar-refractivity contribution in [1.82, 2.24) is 15.8 Å². The van der Waals surface area contributed by atoms with E-state index in [1.54, 1.807) is 30.3 Å². The number of hydrogen-bond acceptors (Lipinski definition) is 3. The van der Waals surface area contributed by atoms with Crippen LogP contribution in [-0.2, 0) is 10.3 Å². The van der Waals surface area contributed by atoms with Gasteiger partial charge in [-0.1, -0.05) is 42.5 Å². The van der Waals surface area contributed by atoms with E-state index in [0.29, 0.717) is 10.6 Å². The molecule has 24 heavy (non-hydrogen) atoms. The van der Waals surface area contributed by atoms with Gasteiger partial charge in [-0.05, 0) is 24.6 Å². The molecule has 1 aliphatic heterocycles. The van der Waals surface area contributed by atoms with E-state index in [2.05, 4.69) is 10.7 Å². The normalized spacial score (nSPS) is 20.0. The van der Waals surface area contributed by atoms with Crippen molar-refractivity contribution < 1.29 is 18.8 Å². The Labute approximate surface area is 137 Å². The number of rotatable bonds is 3. The molecule has 1 aliphatic rings. The van der Waals surface area contributed by atoms with Gasteiger partial charge in [0.1, 0.15) is 11.4 Å². The summed E-state index contributed by atoms with van der Waals surface area (Å²) in [4.78, 5) is 36.9. The standard InChI is InChI=1S/C17H14FN3O3/c1-17(11-7-3-2-4-8-11)15(23)21(16(24)19-17)20-14(22)12-9-5-6-10-13(12)18/h2-10H,1H3,(H,19,24)(H,20,22). The van der Waals surface area contributed by atoms with Gasteiger partial charge in [-0.3, -0.25) is 15.0 Å². The van der Waals surface area contributed by atoms with E-state index in [4.69, 9.17) is 0 Å². The van der Waals surface area contributed by atoms with E-state index < -0.39 is 29.2 Å². The van der Waals surface area contributed by atoms with Crippen LogP contribution in [0.3, 0.4) is 0 Å². The van der Waals surface area contributed by atoms with Gasteiger partial charge in [0.25, 0.3) is 11.8 Å². The highest BCUT2D eigenvalue weighted by Gasteiger charge is 2.50. The zero-order valence-corrected chi connectivity index (χ0v) is 12.7. The molecule has 1 saturated heterocycles. The summed E-state index contributed by atoms with van der Waals surface area (Å²) in [6, 6.07) is 13.2. The Morgan fingerprint density at radius 3 is 2.38 bits per heavy atom. The number of amides is 4. The van der Waals surface area contributed by atoms with Crippen molar-refractivity contribution in [3.05, 3.63) is 71.5 Å². The van der Waals surface area contributed by atoms with Crippen molar-refractivity contribution in [3.63, 3.8) is 0 Å². The number of halogens is 1. The highest BCUT2D eigenvalue weighted by molar-refractivity contribution is 6.09. The lowest BCUT2D eigenvalue weighted by Crippen LogP contribution is -2.48. The smallest absolute Gasteiger partial charge is 0.318 e. The van der Waals surface area contributed by atoms with Crippen molar-refractivity contribution in [2.75, 3.05) is 0 Å². The zero-order chi connectivity index (χ0) is 17.3. The second kappa shape index (κ2) is 5.77. The third-order valence-electron chi connectivity index (χ3n) is 3.87. The number of nitrogens with one attached hydrogen (secondary N) is 2. The number of benzene rings is 2. The lowest BCUT2D eigenvalue weighted by Gasteiger charge is -2.22. The SMILES string of the molecule is CC1(c2ccccc2)NC(=O)N(NC(=O)c2ccccc2F)C1=O. The summed E-state index contributed by atoms with van der Waals surface area (Å²) < 4.78 is 13.7. The van der Waals surface area contributed by atoms with Gasteiger partial charge in [0, 0.05) is 0 Å². The van der Waals surface area contributed by atoms with Crippen LogP contribution in [0.1, 0.15) is 22.8 Å². The quantitative estimate of drug-likeness (QED) is 0.846. The van der Waals surface area contributed by atoms with Crippen molar-refractivity contribution in [1.29, 1.82) is 0 Å². The third kappa shape index (κ3) is 2.50. The topological polar surface area (TPSA) is 78.5 Å². The molecule has 0 radical (unpaired) electrons. The molecule has 6 nitrogen and oxygen atoms in total. The number of hydrogen-bond donors (Lipinski definition) is 2. The number of carbonyl (C=O) groups excluding carboxylic acids is 3. The van der Waals surface area contributed by atoms with Crippen LogP contribution in [0, 0.1) is 5.82 Å². The minimum atomic E-state index is -1.30. The Hall–Kier alpha value is -3.22. The highest BCUT2D eigenvalue weighted by Crippen LogP contribution is 2.27. The summed E-state index contributed by atoms with van der Waals surface area (Å²) in [6.07, 6.45) is 0. The van der Waals surface area contributed by atoms with Gasteiger partial charge in [-0.25, -0.2) is 9.18 Å². The van der Waals surface area contributed by atoms with Gasteiger partial charge < -0.3 is 5.32 Å². The Balaban J connectivity index is 1.85. The van der Waals surface area contributed by atoms with Gasteiger partial charge in [-0.2, -0.15) is 5.01 Å². The van der Waals surface area contributed by atoms with Crippen LogP contribution in [0.2, 0.25) is 0 Å². The van der Waals surface area contributed by atoms with Crippen LogP contribution in [0.5, 0.6) is 0 Å². The molecule has 0 aromatic heterocycles. The maximum atomic E-state index is 13.7. The maximum Gasteiger partial charge on any atom is 0.344 e. The molecular formula is C17H14FN3O3. The molecule has 2 aromatic carbocycles. The average molecular weight is 327 g/mol. The minimum absolute atomic E-state index is 0.258. The second-order valence-corrected chi connectivity index (χ2v) is 5.48. The summed E-state index contributed by atoms with van der Waals surface area (Å²) in [7, 11) is 0. The Morgan fingerprint density at radius 2 is 1.71 bits per heavy atom. The fraction of sp³-hybridized carbons (Fsp3) is 0.118. The Kier molecular flexibility index (Phi) is 3.76. The summed E-state index contributed by atoms with van der Waals surface area (Å²) >= 11 is 0. The number of urea groups is 1. The molecule has 0 bridgehead atoms. The lowest BCUT2D eigenvalue weighted by molar-refractivity contribution is -0.132. The molecule has 122 valence electrons. The molecule has 0 spiro atoms. The zero-order valence-electron chi connectivity index (χ0n) is 12.7. The van der Waals surface area contributed by atoms with Crippen LogP contribution >= 0.6 is 0 Å². The first kappa shape index (κ1) is 15.7. The Morgan fingerprint density at radius 1 is 1.08 bits per heavy atom. The van der Waals surface area contributed by atoms with Crippen LogP contribution in [-0.4, -0.2) is 22.9 Å². The summed E-state index contributed by atoms with van der Waals surface area (Å²) in [5.41, 5.74) is 1.17. The van der Waals surface area contributed by atoms with E-state index >= 15 is 0 Å². The number of carbonyl (C=O) groups is 3. The van der Waals surface area contributed by atoms with Gasteiger partial charge >= 0.3 is 6.03 Å². The van der Waals surface area contributed by atoms with E-state index in [1.165, 1.54) is 25.1 Å². The van der Waals surface area contributed by atoms with Crippen LogP contribution < -0.4 is 10.7 Å². The van der Waals surface area contributed by atoms with Gasteiger partial charge in [-0.15, -0.1) is 0 Å². The molecule has 7 heteroatoms. The van der Waals surface area contributed by atoms with Gasteiger partial charge in [0.15, 0.2) is 0 Å². The molecule has 0 aliphatic carbocycles. The first-order chi connectivity index (χ1) is 11.4. The fourth-order valence-electron chi connectivity index (χ4n) is 2.51. The third-order valence-corrected chi connectivity index (χ3v) is 3.87. The van der Waals surface area contributed by atoms with E-state index in [0.717, 1.165) is 6.07 Å². The monoisotopic (exact) mass is 327 g/mol. The predicted molar refractivity (Wildman–Crippen MR) is 83.0 cm³/mol. The summed E-state index contributed by atoms with van der Waals surface area (Å²) in [6.45, 7) is 1.54. The van der Waals surface area contributed by atoms with Crippen molar-refractivity contribution in [2.24, 2.45) is 0 Å². The summed E-state index contributed by atoms with van der Waals surface area (Å²) in [5, 5.41) is 3.12. The molecule has 2 aromatic rings. The van der Waals surface area contributed by atoms with Gasteiger partial charge in [0.05, 0.1) is 5.56 Å². The lowest BCUT2D eigenvalue weighted by atomic mass is 9.92. The minimum Gasteiger partial charge on any atom is -0.318 e. The maximum absolute atomic E-state index is 13.7. The first-order valence-corrected chi connectivity index (χ1v) is 7.21. The molecular weight excluding hydrogens is 313 g/mol. The molecule has 0 saturated carbocycles. The average Bonchev–Trinajstić information content (AvgIpc) is 2.80. The van der Waals surface area contributed by atoms with E-state index in [-0.39, 0.29) is 5.56 Å². The van der Waals surface area contributed by atoms with Crippen LogP contribution in [0.4, 0.5) is 9.18 Å². The van der Waals surface area contributed by atoms with Crippen molar-refractivity contribution in [2.45, 2.75) is 12.5 Å². The molecule has 1 atom stereocenters. The number of nitrogens with zero attached hydrogens (tertiary/aromatic N) is 1.